The van der Waals surface area contributed by atoms with Crippen LogP contribution in [-0.4, -0.2) is 46.0 Å². The quantitative estimate of drug-likeness (QED) is 0.935. The van der Waals surface area contributed by atoms with E-state index in [1.807, 2.05) is 19.4 Å². The van der Waals surface area contributed by atoms with Gasteiger partial charge in [-0.05, 0) is 26.3 Å². The number of nitrogens with zero attached hydrogens (tertiary/aromatic N) is 3. The lowest BCUT2D eigenvalue weighted by atomic mass is 9.96. The fourth-order valence-corrected chi connectivity index (χ4v) is 3.53. The second kappa shape index (κ2) is 6.67. The Kier molecular flexibility index (Phi) is 4.76. The number of ether oxygens (including phenoxy) is 1. The highest BCUT2D eigenvalue weighted by Crippen LogP contribution is 2.30. The van der Waals surface area contributed by atoms with Crippen molar-refractivity contribution in [1.29, 1.82) is 0 Å². The molecular formula is C19H27N3O2. The number of rotatable bonds is 4. The van der Waals surface area contributed by atoms with Crippen LogP contribution in [0.2, 0.25) is 0 Å². The Morgan fingerprint density at radius 3 is 2.62 bits per heavy atom. The molecule has 5 heteroatoms. The van der Waals surface area contributed by atoms with Gasteiger partial charge in [0.15, 0.2) is 0 Å². The summed E-state index contributed by atoms with van der Waals surface area (Å²) in [5.74, 6) is 0. The zero-order valence-corrected chi connectivity index (χ0v) is 15.0. The van der Waals surface area contributed by atoms with Crippen molar-refractivity contribution in [3.63, 3.8) is 0 Å². The predicted molar refractivity (Wildman–Crippen MR) is 93.8 cm³/mol. The molecule has 0 saturated carbocycles. The molecule has 1 aliphatic heterocycles. The molecule has 0 aliphatic carbocycles. The number of aliphatic hydroxyl groups excluding tert-OH is 1. The number of hydrogen-bond donors (Lipinski definition) is 1. The summed E-state index contributed by atoms with van der Waals surface area (Å²) < 4.78 is 7.84. The molecule has 1 aliphatic rings. The first kappa shape index (κ1) is 17.1. The van der Waals surface area contributed by atoms with Crippen molar-refractivity contribution in [3.05, 3.63) is 52.8 Å². The fourth-order valence-electron chi connectivity index (χ4n) is 3.53. The average Bonchev–Trinajstić information content (AvgIpc) is 2.94. The standard InChI is InChI=1S/C19H27N3O2/c1-14-7-15(2)9-16(8-14)18(23)12-22-5-6-24-19(3,13-22)17-10-20-21(4)11-17/h7-11,18,23H,5-6,12-13H2,1-4H3. The zero-order chi connectivity index (χ0) is 17.3. The smallest absolute Gasteiger partial charge is 0.106 e. The van der Waals surface area contributed by atoms with E-state index in [1.54, 1.807) is 4.68 Å². The van der Waals surface area contributed by atoms with E-state index in [1.165, 1.54) is 11.1 Å². The van der Waals surface area contributed by atoms with Crippen LogP contribution in [-0.2, 0) is 17.4 Å². The van der Waals surface area contributed by atoms with E-state index in [4.69, 9.17) is 4.74 Å². The van der Waals surface area contributed by atoms with Crippen molar-refractivity contribution in [2.75, 3.05) is 26.2 Å². The van der Waals surface area contributed by atoms with Crippen LogP contribution in [0.4, 0.5) is 0 Å². The molecule has 0 bridgehead atoms. The van der Waals surface area contributed by atoms with E-state index in [2.05, 4.69) is 49.0 Å². The van der Waals surface area contributed by atoms with Gasteiger partial charge in [0.1, 0.15) is 5.60 Å². The van der Waals surface area contributed by atoms with Crippen molar-refractivity contribution in [1.82, 2.24) is 14.7 Å². The third-order valence-corrected chi connectivity index (χ3v) is 4.73. The molecule has 0 spiro atoms. The molecule has 1 N–H and O–H groups in total. The van der Waals surface area contributed by atoms with Crippen LogP contribution < -0.4 is 0 Å². The van der Waals surface area contributed by atoms with E-state index in [0.717, 1.165) is 24.2 Å². The van der Waals surface area contributed by atoms with Crippen LogP contribution in [0.1, 0.15) is 35.3 Å². The van der Waals surface area contributed by atoms with E-state index in [9.17, 15) is 5.11 Å². The summed E-state index contributed by atoms with van der Waals surface area (Å²) in [5, 5.41) is 14.9. The molecule has 0 amide bonds. The van der Waals surface area contributed by atoms with Gasteiger partial charge < -0.3 is 9.84 Å². The van der Waals surface area contributed by atoms with Crippen molar-refractivity contribution in [2.45, 2.75) is 32.5 Å². The van der Waals surface area contributed by atoms with Crippen LogP contribution in [0.3, 0.4) is 0 Å². The zero-order valence-electron chi connectivity index (χ0n) is 15.0. The van der Waals surface area contributed by atoms with E-state index >= 15 is 0 Å². The number of aromatic nitrogens is 2. The summed E-state index contributed by atoms with van der Waals surface area (Å²) in [6, 6.07) is 6.27. The first-order valence-electron chi connectivity index (χ1n) is 8.47. The number of morpholine rings is 1. The minimum Gasteiger partial charge on any atom is -0.387 e. The van der Waals surface area contributed by atoms with E-state index in [-0.39, 0.29) is 5.60 Å². The maximum absolute atomic E-state index is 10.7. The second-order valence-electron chi connectivity index (χ2n) is 7.15. The topological polar surface area (TPSA) is 50.5 Å². The van der Waals surface area contributed by atoms with Gasteiger partial charge >= 0.3 is 0 Å². The highest BCUT2D eigenvalue weighted by atomic mass is 16.5. The Morgan fingerprint density at radius 2 is 2.00 bits per heavy atom. The number of aliphatic hydroxyl groups is 1. The van der Waals surface area contributed by atoms with E-state index in [0.29, 0.717) is 13.2 Å². The normalized spacial score (nSPS) is 23.4. The molecule has 2 unspecified atom stereocenters. The van der Waals surface area contributed by atoms with Gasteiger partial charge in [-0.3, -0.25) is 9.58 Å². The molecule has 2 atom stereocenters. The Hall–Kier alpha value is -1.69. The van der Waals surface area contributed by atoms with Crippen LogP contribution in [0, 0.1) is 13.8 Å². The second-order valence-corrected chi connectivity index (χ2v) is 7.15. The first-order valence-corrected chi connectivity index (χ1v) is 8.47. The Bertz CT molecular complexity index is 692. The number of benzene rings is 1. The van der Waals surface area contributed by atoms with Gasteiger partial charge in [-0.25, -0.2) is 0 Å². The molecule has 24 heavy (non-hydrogen) atoms. The van der Waals surface area contributed by atoms with Crippen LogP contribution >= 0.6 is 0 Å². The van der Waals surface area contributed by atoms with Gasteiger partial charge in [0.05, 0.1) is 18.9 Å². The van der Waals surface area contributed by atoms with Crippen molar-refractivity contribution in [2.24, 2.45) is 7.05 Å². The van der Waals surface area contributed by atoms with E-state index < -0.39 is 6.10 Å². The summed E-state index contributed by atoms with van der Waals surface area (Å²) in [4.78, 5) is 2.28. The monoisotopic (exact) mass is 329 g/mol. The highest BCUT2D eigenvalue weighted by Gasteiger charge is 2.35. The summed E-state index contributed by atoms with van der Waals surface area (Å²) in [7, 11) is 1.91. The predicted octanol–water partition coefficient (Wildman–Crippen LogP) is 2.32. The van der Waals surface area contributed by atoms with Gasteiger partial charge in [-0.1, -0.05) is 29.3 Å². The molecule has 1 aromatic heterocycles. The number of aryl methyl sites for hydroxylation is 3. The third kappa shape index (κ3) is 3.69. The molecule has 0 radical (unpaired) electrons. The lowest BCUT2D eigenvalue weighted by molar-refractivity contribution is -0.109. The Morgan fingerprint density at radius 1 is 1.29 bits per heavy atom. The Balaban J connectivity index is 1.71. The third-order valence-electron chi connectivity index (χ3n) is 4.73. The lowest BCUT2D eigenvalue weighted by Crippen LogP contribution is -2.49. The van der Waals surface area contributed by atoms with Gasteiger partial charge in [0.25, 0.3) is 0 Å². The van der Waals surface area contributed by atoms with Crippen molar-refractivity contribution < 1.29 is 9.84 Å². The summed E-state index contributed by atoms with van der Waals surface area (Å²) in [6.45, 7) is 9.08. The molecule has 2 heterocycles. The lowest BCUT2D eigenvalue weighted by Gasteiger charge is -2.40. The molecule has 130 valence electrons. The highest BCUT2D eigenvalue weighted by molar-refractivity contribution is 5.30. The minimum absolute atomic E-state index is 0.380. The molecule has 3 rings (SSSR count). The number of β-amino-alcohol motifs (C(OH)–C–C–N with tert-alkyl or cyclic N) is 1. The first-order chi connectivity index (χ1) is 11.4. The van der Waals surface area contributed by atoms with Gasteiger partial charge in [-0.2, -0.15) is 5.10 Å². The van der Waals surface area contributed by atoms with Gasteiger partial charge in [0.2, 0.25) is 0 Å². The van der Waals surface area contributed by atoms with Crippen molar-refractivity contribution >= 4 is 0 Å². The van der Waals surface area contributed by atoms with Crippen molar-refractivity contribution in [3.8, 4) is 0 Å². The number of hydrogen-bond acceptors (Lipinski definition) is 4. The van der Waals surface area contributed by atoms with Crippen LogP contribution in [0.15, 0.2) is 30.6 Å². The maximum Gasteiger partial charge on any atom is 0.106 e. The molecular weight excluding hydrogens is 302 g/mol. The largest absolute Gasteiger partial charge is 0.387 e. The van der Waals surface area contributed by atoms with Gasteiger partial charge in [-0.15, -0.1) is 0 Å². The molecule has 5 nitrogen and oxygen atoms in total. The summed E-state index contributed by atoms with van der Waals surface area (Å²) >= 11 is 0. The van der Waals surface area contributed by atoms with Crippen LogP contribution in [0.25, 0.3) is 0 Å². The maximum atomic E-state index is 10.7. The Labute approximate surface area is 143 Å². The molecule has 2 aromatic rings. The SMILES string of the molecule is Cc1cc(C)cc(C(O)CN2CCOC(C)(c3cnn(C)c3)C2)c1. The molecule has 1 fully saturated rings. The average molecular weight is 329 g/mol. The minimum atomic E-state index is -0.486. The van der Waals surface area contributed by atoms with Gasteiger partial charge in [0, 0.05) is 38.4 Å². The molecule has 1 saturated heterocycles. The molecule has 1 aromatic carbocycles. The van der Waals surface area contributed by atoms with Crippen LogP contribution in [0.5, 0.6) is 0 Å². The summed E-state index contributed by atoms with van der Waals surface area (Å²) in [5.41, 5.74) is 4.06. The fraction of sp³-hybridized carbons (Fsp3) is 0.526. The summed E-state index contributed by atoms with van der Waals surface area (Å²) in [6.07, 6.45) is 3.38.